The number of carbonyl (C=O) groups excluding carboxylic acids is 1. The third-order valence-corrected chi connectivity index (χ3v) is 1.89. The Morgan fingerprint density at radius 1 is 1.54 bits per heavy atom. The lowest BCUT2D eigenvalue weighted by atomic mass is 10.0. The zero-order chi connectivity index (χ0) is 9.42. The molecule has 0 radical (unpaired) electrons. The van der Waals surface area contributed by atoms with Crippen LogP contribution in [-0.2, 0) is 0 Å². The first-order chi connectivity index (χ1) is 6.24. The second kappa shape index (κ2) is 2.49. The minimum atomic E-state index is -0.262. The van der Waals surface area contributed by atoms with E-state index < -0.39 is 0 Å². The van der Waals surface area contributed by atoms with Gasteiger partial charge in [0.2, 0.25) is 5.78 Å². The molecule has 0 bridgehead atoms. The van der Waals surface area contributed by atoms with Gasteiger partial charge < -0.3 is 9.84 Å². The van der Waals surface area contributed by atoms with Crippen LogP contribution in [0.15, 0.2) is 12.1 Å². The number of hydrogen-bond acceptors (Lipinski definition) is 4. The maximum atomic E-state index is 11.2. The van der Waals surface area contributed by atoms with Gasteiger partial charge in [0.15, 0.2) is 6.61 Å². The van der Waals surface area contributed by atoms with Crippen molar-refractivity contribution in [2.45, 2.75) is 0 Å². The molecule has 13 heavy (non-hydrogen) atoms. The van der Waals surface area contributed by atoms with Gasteiger partial charge in [-0.1, -0.05) is 0 Å². The summed E-state index contributed by atoms with van der Waals surface area (Å²) in [6, 6.07) is 4.60. The number of phenols is 1. The molecule has 2 rings (SSSR count). The molecule has 1 aliphatic heterocycles. The topological polar surface area (TPSA) is 70.3 Å². The van der Waals surface area contributed by atoms with Crippen LogP contribution in [0.5, 0.6) is 11.5 Å². The lowest BCUT2D eigenvalue weighted by Gasteiger charge is -2.00. The summed E-state index contributed by atoms with van der Waals surface area (Å²) < 4.78 is 5.00. The molecule has 0 fully saturated rings. The summed E-state index contributed by atoms with van der Waals surface area (Å²) in [5.41, 5.74) is 0.197. The van der Waals surface area contributed by atoms with E-state index in [1.165, 1.54) is 12.1 Å². The standard InChI is InChI=1S/C9H5NO3/c10-3-5-6(11)1-2-8-9(5)7(12)4-13-8/h1-2,11H,4H2. The summed E-state index contributed by atoms with van der Waals surface area (Å²) in [6.45, 7) is -0.0481. The third kappa shape index (κ3) is 0.942. The molecule has 64 valence electrons. The molecule has 0 unspecified atom stereocenters. The maximum Gasteiger partial charge on any atom is 0.205 e. The first kappa shape index (κ1) is 7.62. The van der Waals surface area contributed by atoms with Gasteiger partial charge in [-0.25, -0.2) is 0 Å². The van der Waals surface area contributed by atoms with Crippen LogP contribution in [0.4, 0.5) is 0 Å². The van der Waals surface area contributed by atoms with E-state index in [9.17, 15) is 9.90 Å². The van der Waals surface area contributed by atoms with Crippen molar-refractivity contribution in [2.75, 3.05) is 6.61 Å². The van der Waals surface area contributed by atoms with E-state index >= 15 is 0 Å². The lowest BCUT2D eigenvalue weighted by Crippen LogP contribution is -2.00. The van der Waals surface area contributed by atoms with Gasteiger partial charge in [0.25, 0.3) is 0 Å². The molecule has 4 heteroatoms. The smallest absolute Gasteiger partial charge is 0.205 e. The van der Waals surface area contributed by atoms with Crippen molar-refractivity contribution in [2.24, 2.45) is 0 Å². The predicted octanol–water partition coefficient (Wildman–Crippen LogP) is 0.839. The predicted molar refractivity (Wildman–Crippen MR) is 42.6 cm³/mol. The monoisotopic (exact) mass is 175 g/mol. The normalized spacial score (nSPS) is 13.3. The van der Waals surface area contributed by atoms with Crippen molar-refractivity contribution >= 4 is 5.78 Å². The summed E-state index contributed by atoms with van der Waals surface area (Å²) in [4.78, 5) is 11.2. The van der Waals surface area contributed by atoms with E-state index in [-0.39, 0.29) is 29.3 Å². The number of carbonyl (C=O) groups is 1. The number of phenolic OH excluding ortho intramolecular Hbond substituents is 1. The Morgan fingerprint density at radius 2 is 2.31 bits per heavy atom. The van der Waals surface area contributed by atoms with Crippen molar-refractivity contribution in [3.05, 3.63) is 23.3 Å². The highest BCUT2D eigenvalue weighted by molar-refractivity contribution is 6.04. The zero-order valence-electron chi connectivity index (χ0n) is 6.57. The van der Waals surface area contributed by atoms with Gasteiger partial charge >= 0.3 is 0 Å². The van der Waals surface area contributed by atoms with Crippen LogP contribution in [0, 0.1) is 11.3 Å². The Hall–Kier alpha value is -2.02. The number of fused-ring (bicyclic) bond motifs is 1. The number of ketones is 1. The molecular formula is C9H5NO3. The van der Waals surface area contributed by atoms with E-state index in [0.29, 0.717) is 5.75 Å². The summed E-state index contributed by atoms with van der Waals surface area (Å²) >= 11 is 0. The summed E-state index contributed by atoms with van der Waals surface area (Å²) in [7, 11) is 0. The molecule has 0 spiro atoms. The Balaban J connectivity index is 2.76. The van der Waals surface area contributed by atoms with Crippen LogP contribution in [0.2, 0.25) is 0 Å². The van der Waals surface area contributed by atoms with E-state index in [4.69, 9.17) is 10.00 Å². The molecular weight excluding hydrogens is 170 g/mol. The lowest BCUT2D eigenvalue weighted by molar-refractivity contribution is 0.0961. The van der Waals surface area contributed by atoms with Crippen molar-refractivity contribution in [1.29, 1.82) is 5.26 Å². The van der Waals surface area contributed by atoms with Gasteiger partial charge in [-0.05, 0) is 12.1 Å². The van der Waals surface area contributed by atoms with Gasteiger partial charge in [-0.2, -0.15) is 5.26 Å². The zero-order valence-corrected chi connectivity index (χ0v) is 6.57. The van der Waals surface area contributed by atoms with Crippen molar-refractivity contribution in [3.8, 4) is 17.6 Å². The fourth-order valence-electron chi connectivity index (χ4n) is 1.30. The number of benzene rings is 1. The van der Waals surface area contributed by atoms with Gasteiger partial charge in [-0.15, -0.1) is 0 Å². The third-order valence-electron chi connectivity index (χ3n) is 1.89. The second-order valence-electron chi connectivity index (χ2n) is 2.66. The van der Waals surface area contributed by atoms with E-state index in [2.05, 4.69) is 0 Å². The average molecular weight is 175 g/mol. The summed E-state index contributed by atoms with van der Waals surface area (Å²) in [5.74, 6) is -0.0677. The first-order valence-electron chi connectivity index (χ1n) is 3.66. The number of nitriles is 1. The summed E-state index contributed by atoms with van der Waals surface area (Å²) in [6.07, 6.45) is 0. The van der Waals surface area contributed by atoms with Crippen LogP contribution < -0.4 is 4.74 Å². The van der Waals surface area contributed by atoms with E-state index in [0.717, 1.165) is 0 Å². The number of Topliss-reactive ketones (excluding diaryl/α,β-unsaturated/α-hetero) is 1. The molecule has 0 atom stereocenters. The Labute approximate surface area is 74.0 Å². The van der Waals surface area contributed by atoms with E-state index in [1.807, 2.05) is 0 Å². The quantitative estimate of drug-likeness (QED) is 0.634. The molecule has 0 aliphatic carbocycles. The van der Waals surface area contributed by atoms with E-state index in [1.54, 1.807) is 6.07 Å². The maximum absolute atomic E-state index is 11.2. The van der Waals surface area contributed by atoms with Crippen LogP contribution in [0.25, 0.3) is 0 Å². The molecule has 0 aromatic heterocycles. The number of rotatable bonds is 0. The van der Waals surface area contributed by atoms with Crippen molar-refractivity contribution in [3.63, 3.8) is 0 Å². The molecule has 0 saturated carbocycles. The van der Waals surface area contributed by atoms with Crippen LogP contribution >= 0.6 is 0 Å². The Kier molecular flexibility index (Phi) is 1.46. The summed E-state index contributed by atoms with van der Waals surface area (Å²) in [5, 5.41) is 17.9. The van der Waals surface area contributed by atoms with Crippen LogP contribution in [0.3, 0.4) is 0 Å². The van der Waals surface area contributed by atoms with Crippen molar-refractivity contribution in [1.82, 2.24) is 0 Å². The highest BCUT2D eigenvalue weighted by Crippen LogP contribution is 2.32. The highest BCUT2D eigenvalue weighted by atomic mass is 16.5. The van der Waals surface area contributed by atoms with Crippen molar-refractivity contribution < 1.29 is 14.6 Å². The number of hydrogen-bond donors (Lipinski definition) is 1. The van der Waals surface area contributed by atoms with Crippen LogP contribution in [0.1, 0.15) is 15.9 Å². The van der Waals surface area contributed by atoms with Crippen LogP contribution in [-0.4, -0.2) is 17.5 Å². The van der Waals surface area contributed by atoms with Gasteiger partial charge in [0, 0.05) is 0 Å². The first-order valence-corrected chi connectivity index (χ1v) is 3.66. The number of ether oxygens (including phenoxy) is 1. The largest absolute Gasteiger partial charge is 0.507 e. The number of aromatic hydroxyl groups is 1. The Bertz CT molecular complexity index is 431. The average Bonchev–Trinajstić information content (AvgIpc) is 2.49. The molecule has 1 aromatic carbocycles. The minimum Gasteiger partial charge on any atom is -0.507 e. The molecule has 0 amide bonds. The molecule has 1 N–H and O–H groups in total. The molecule has 1 aliphatic rings. The molecule has 1 aromatic rings. The minimum absolute atomic E-state index is 0.000000000000000444. The molecule has 0 saturated heterocycles. The van der Waals surface area contributed by atoms with Gasteiger partial charge in [0.05, 0.1) is 5.56 Å². The fourth-order valence-corrected chi connectivity index (χ4v) is 1.30. The molecule has 4 nitrogen and oxygen atoms in total. The fraction of sp³-hybridized carbons (Fsp3) is 0.111. The Morgan fingerprint density at radius 3 is 3.00 bits per heavy atom. The highest BCUT2D eigenvalue weighted by Gasteiger charge is 2.26. The second-order valence-corrected chi connectivity index (χ2v) is 2.66. The van der Waals surface area contributed by atoms with Gasteiger partial charge in [-0.3, -0.25) is 4.79 Å². The van der Waals surface area contributed by atoms with Gasteiger partial charge in [0.1, 0.15) is 23.1 Å². The molecule has 1 heterocycles. The SMILES string of the molecule is N#Cc1c(O)ccc2c1C(=O)CO2. The number of nitrogens with zero attached hydrogens (tertiary/aromatic N) is 1.